The summed E-state index contributed by atoms with van der Waals surface area (Å²) in [6.07, 6.45) is 4.84. The molecular weight excluding hydrogens is 394 g/mol. The smallest absolute Gasteiger partial charge is 0.230 e. The molecule has 0 unspecified atom stereocenters. The van der Waals surface area contributed by atoms with Gasteiger partial charge in [0.05, 0.1) is 11.8 Å². The molecule has 5 rings (SSSR count). The molecule has 1 amide bonds. The average Bonchev–Trinajstić information content (AvgIpc) is 3.15. The summed E-state index contributed by atoms with van der Waals surface area (Å²) in [4.78, 5) is 20.3. The Bertz CT molecular complexity index is 1230. The minimum atomic E-state index is -0.0365. The first-order chi connectivity index (χ1) is 14.7. The van der Waals surface area contributed by atoms with Gasteiger partial charge >= 0.3 is 0 Å². The zero-order valence-corrected chi connectivity index (χ0v) is 17.6. The summed E-state index contributed by atoms with van der Waals surface area (Å²) in [7, 11) is 0. The van der Waals surface area contributed by atoms with Gasteiger partial charge in [-0.15, -0.1) is 10.2 Å². The maximum Gasteiger partial charge on any atom is 0.230 e. The Kier molecular flexibility index (Phi) is 5.12. The third kappa shape index (κ3) is 3.77. The lowest BCUT2D eigenvalue weighted by atomic mass is 9.89. The van der Waals surface area contributed by atoms with Gasteiger partial charge in [-0.3, -0.25) is 4.79 Å². The number of fused-ring (bicyclic) bond motifs is 4. The molecule has 2 aromatic carbocycles. The molecule has 7 heteroatoms. The fourth-order valence-electron chi connectivity index (χ4n) is 4.09. The van der Waals surface area contributed by atoms with Crippen LogP contribution in [-0.2, 0) is 17.6 Å². The topological polar surface area (TPSA) is 83.6 Å². The number of carbonyl (C=O) groups is 1. The van der Waals surface area contributed by atoms with Crippen LogP contribution in [0.25, 0.3) is 22.1 Å². The SMILES string of the molecule is C[C@@H](NC(=O)CSc1nnc2c(n1)[nH]c1ccccc12)c1ccc2c(c1)CCCC2. The quantitative estimate of drug-likeness (QED) is 0.472. The van der Waals surface area contributed by atoms with Crippen molar-refractivity contribution in [1.82, 2.24) is 25.5 Å². The van der Waals surface area contributed by atoms with Gasteiger partial charge in [-0.2, -0.15) is 0 Å². The Labute approximate surface area is 178 Å². The molecule has 0 saturated heterocycles. The van der Waals surface area contributed by atoms with Crippen molar-refractivity contribution in [2.45, 2.75) is 43.8 Å². The predicted molar refractivity (Wildman–Crippen MR) is 120 cm³/mol. The van der Waals surface area contributed by atoms with Crippen molar-refractivity contribution >= 4 is 39.7 Å². The van der Waals surface area contributed by atoms with Crippen LogP contribution in [0.3, 0.4) is 0 Å². The second kappa shape index (κ2) is 8.07. The van der Waals surface area contributed by atoms with Gasteiger partial charge in [0.25, 0.3) is 0 Å². The van der Waals surface area contributed by atoms with Gasteiger partial charge in [0.2, 0.25) is 11.1 Å². The van der Waals surface area contributed by atoms with Gasteiger partial charge in [0, 0.05) is 10.9 Å². The molecule has 0 saturated carbocycles. The number of carbonyl (C=O) groups excluding carboxylic acids is 1. The van der Waals surface area contributed by atoms with Crippen molar-refractivity contribution in [2.24, 2.45) is 0 Å². The van der Waals surface area contributed by atoms with E-state index in [9.17, 15) is 4.79 Å². The van der Waals surface area contributed by atoms with E-state index >= 15 is 0 Å². The molecule has 152 valence electrons. The van der Waals surface area contributed by atoms with E-state index in [1.807, 2.05) is 31.2 Å². The molecule has 0 aliphatic heterocycles. The number of aromatic nitrogens is 4. The summed E-state index contributed by atoms with van der Waals surface area (Å²) in [5.74, 6) is 0.216. The molecule has 0 spiro atoms. The first kappa shape index (κ1) is 19.1. The number of aromatic amines is 1. The van der Waals surface area contributed by atoms with Crippen LogP contribution in [0.5, 0.6) is 0 Å². The number of nitrogens with one attached hydrogen (secondary N) is 2. The number of para-hydroxylation sites is 1. The lowest BCUT2D eigenvalue weighted by Crippen LogP contribution is -2.28. The van der Waals surface area contributed by atoms with Crippen molar-refractivity contribution in [3.05, 3.63) is 59.2 Å². The van der Waals surface area contributed by atoms with E-state index in [2.05, 4.69) is 43.7 Å². The van der Waals surface area contributed by atoms with Gasteiger partial charge in [0.1, 0.15) is 5.52 Å². The molecule has 1 atom stereocenters. The molecule has 6 nitrogen and oxygen atoms in total. The zero-order valence-electron chi connectivity index (χ0n) is 16.8. The van der Waals surface area contributed by atoms with E-state index < -0.39 is 0 Å². The molecule has 4 aromatic rings. The Morgan fingerprint density at radius 3 is 2.87 bits per heavy atom. The summed E-state index contributed by atoms with van der Waals surface area (Å²) in [6, 6.07) is 14.5. The number of rotatable bonds is 5. The van der Waals surface area contributed by atoms with Crippen LogP contribution in [0.1, 0.15) is 42.5 Å². The molecular formula is C23H23N5OS. The summed E-state index contributed by atoms with van der Waals surface area (Å²) in [5.41, 5.74) is 6.47. The number of thioether (sulfide) groups is 1. The van der Waals surface area contributed by atoms with Gasteiger partial charge in [-0.1, -0.05) is 48.2 Å². The highest BCUT2D eigenvalue weighted by Crippen LogP contribution is 2.25. The van der Waals surface area contributed by atoms with Gasteiger partial charge in [0.15, 0.2) is 5.65 Å². The first-order valence-corrected chi connectivity index (χ1v) is 11.3. The highest BCUT2D eigenvalue weighted by atomic mass is 32.2. The van der Waals surface area contributed by atoms with E-state index in [-0.39, 0.29) is 17.7 Å². The minimum Gasteiger partial charge on any atom is -0.349 e. The van der Waals surface area contributed by atoms with Crippen molar-refractivity contribution in [3.63, 3.8) is 0 Å². The van der Waals surface area contributed by atoms with Crippen molar-refractivity contribution in [1.29, 1.82) is 0 Å². The normalized spacial score (nSPS) is 14.6. The van der Waals surface area contributed by atoms with Gasteiger partial charge in [-0.05, 0) is 55.4 Å². The predicted octanol–water partition coefficient (Wildman–Crippen LogP) is 4.35. The third-order valence-electron chi connectivity index (χ3n) is 5.68. The Balaban J connectivity index is 1.23. The van der Waals surface area contributed by atoms with Crippen molar-refractivity contribution < 1.29 is 4.79 Å². The molecule has 2 N–H and O–H groups in total. The third-order valence-corrected chi connectivity index (χ3v) is 6.52. The largest absolute Gasteiger partial charge is 0.349 e. The summed E-state index contributed by atoms with van der Waals surface area (Å²) >= 11 is 1.30. The van der Waals surface area contributed by atoms with Crippen molar-refractivity contribution in [3.8, 4) is 0 Å². The molecule has 1 aliphatic rings. The lowest BCUT2D eigenvalue weighted by Gasteiger charge is -2.20. The van der Waals surface area contributed by atoms with Crippen LogP contribution < -0.4 is 5.32 Å². The molecule has 0 fully saturated rings. The second-order valence-corrected chi connectivity index (χ2v) is 8.72. The minimum absolute atomic E-state index is 0.0273. The summed E-state index contributed by atoms with van der Waals surface area (Å²) < 4.78 is 0. The Morgan fingerprint density at radius 2 is 1.97 bits per heavy atom. The van der Waals surface area contributed by atoms with Gasteiger partial charge < -0.3 is 10.3 Å². The number of hydrogen-bond donors (Lipinski definition) is 2. The maximum atomic E-state index is 12.5. The number of aryl methyl sites for hydroxylation is 2. The fourth-order valence-corrected chi connectivity index (χ4v) is 4.68. The van der Waals surface area contributed by atoms with Crippen LogP contribution in [0, 0.1) is 0 Å². The van der Waals surface area contributed by atoms with E-state index in [1.54, 1.807) is 0 Å². The highest BCUT2D eigenvalue weighted by molar-refractivity contribution is 7.99. The first-order valence-electron chi connectivity index (χ1n) is 10.3. The monoisotopic (exact) mass is 417 g/mol. The molecule has 2 heterocycles. The second-order valence-electron chi connectivity index (χ2n) is 7.78. The number of benzene rings is 2. The van der Waals surface area contributed by atoms with Crippen LogP contribution in [0.15, 0.2) is 47.6 Å². The molecule has 0 bridgehead atoms. The standard InChI is InChI=1S/C23H23N5OS/c1-14(16-11-10-15-6-2-3-7-17(15)12-16)24-20(29)13-30-23-26-22-21(27-28-23)18-8-4-5-9-19(18)25-22/h4-5,8-12,14H,2-3,6-7,13H2,1H3,(H,24,29)(H,25,26,28)/t14-/m1/s1. The molecule has 2 aromatic heterocycles. The van der Waals surface area contributed by atoms with E-state index in [4.69, 9.17) is 0 Å². The average molecular weight is 418 g/mol. The molecule has 0 radical (unpaired) electrons. The zero-order chi connectivity index (χ0) is 20.5. The number of amides is 1. The van der Waals surface area contributed by atoms with Crippen LogP contribution in [-0.4, -0.2) is 31.8 Å². The number of H-pyrrole nitrogens is 1. The summed E-state index contributed by atoms with van der Waals surface area (Å²) in [6.45, 7) is 2.03. The molecule has 1 aliphatic carbocycles. The molecule has 30 heavy (non-hydrogen) atoms. The highest BCUT2D eigenvalue weighted by Gasteiger charge is 2.15. The van der Waals surface area contributed by atoms with Crippen LogP contribution in [0.4, 0.5) is 0 Å². The van der Waals surface area contributed by atoms with Gasteiger partial charge in [-0.25, -0.2) is 4.98 Å². The van der Waals surface area contributed by atoms with E-state index in [1.165, 1.54) is 42.2 Å². The van der Waals surface area contributed by atoms with E-state index in [0.717, 1.165) is 28.4 Å². The maximum absolute atomic E-state index is 12.5. The number of nitrogens with zero attached hydrogens (tertiary/aromatic N) is 3. The number of hydrogen-bond acceptors (Lipinski definition) is 5. The van der Waals surface area contributed by atoms with Crippen LogP contribution in [0.2, 0.25) is 0 Å². The fraction of sp³-hybridized carbons (Fsp3) is 0.304. The van der Waals surface area contributed by atoms with Crippen molar-refractivity contribution in [2.75, 3.05) is 5.75 Å². The Hall–Kier alpha value is -2.93. The Morgan fingerprint density at radius 1 is 1.13 bits per heavy atom. The van der Waals surface area contributed by atoms with E-state index in [0.29, 0.717) is 10.8 Å². The summed E-state index contributed by atoms with van der Waals surface area (Å²) in [5, 5.41) is 13.1. The lowest BCUT2D eigenvalue weighted by molar-refractivity contribution is -0.119. The van der Waals surface area contributed by atoms with Crippen LogP contribution >= 0.6 is 11.8 Å².